The Morgan fingerprint density at radius 3 is 2.79 bits per heavy atom. The van der Waals surface area contributed by atoms with Gasteiger partial charge in [0.25, 0.3) is 0 Å². The maximum absolute atomic E-state index is 6.12. The maximum atomic E-state index is 6.12. The SMILES string of the molecule is CCNC(Cc1ccn(C)n1)c1cc(Cl)ccc1C. The molecule has 0 saturated heterocycles. The molecule has 4 heteroatoms. The first-order valence-corrected chi connectivity index (χ1v) is 6.96. The first-order chi connectivity index (χ1) is 9.10. The van der Waals surface area contributed by atoms with Gasteiger partial charge in [-0.05, 0) is 42.8 Å². The summed E-state index contributed by atoms with van der Waals surface area (Å²) in [6, 6.07) is 8.36. The van der Waals surface area contributed by atoms with Crippen LogP contribution < -0.4 is 5.32 Å². The Morgan fingerprint density at radius 2 is 2.16 bits per heavy atom. The lowest BCUT2D eigenvalue weighted by molar-refractivity contribution is 0.537. The van der Waals surface area contributed by atoms with Gasteiger partial charge in [-0.3, -0.25) is 4.68 Å². The van der Waals surface area contributed by atoms with E-state index in [1.807, 2.05) is 30.1 Å². The highest BCUT2D eigenvalue weighted by molar-refractivity contribution is 6.30. The Bertz CT molecular complexity index is 548. The fourth-order valence-corrected chi connectivity index (χ4v) is 2.49. The molecule has 0 fully saturated rings. The van der Waals surface area contributed by atoms with E-state index in [2.05, 4.69) is 36.4 Å². The third-order valence-electron chi connectivity index (χ3n) is 3.25. The highest BCUT2D eigenvalue weighted by Gasteiger charge is 2.15. The highest BCUT2D eigenvalue weighted by atomic mass is 35.5. The summed E-state index contributed by atoms with van der Waals surface area (Å²) < 4.78 is 1.84. The molecule has 0 amide bonds. The Hall–Kier alpha value is -1.32. The monoisotopic (exact) mass is 277 g/mol. The van der Waals surface area contributed by atoms with E-state index in [0.717, 1.165) is 23.7 Å². The average Bonchev–Trinajstić information content (AvgIpc) is 2.77. The minimum atomic E-state index is 0.249. The van der Waals surface area contributed by atoms with Crippen LogP contribution in [0.5, 0.6) is 0 Å². The van der Waals surface area contributed by atoms with Crippen molar-refractivity contribution in [3.8, 4) is 0 Å². The smallest absolute Gasteiger partial charge is 0.0643 e. The lowest BCUT2D eigenvalue weighted by Crippen LogP contribution is -2.24. The molecule has 3 nitrogen and oxygen atoms in total. The molecule has 1 atom stereocenters. The van der Waals surface area contributed by atoms with E-state index in [1.165, 1.54) is 11.1 Å². The molecule has 1 unspecified atom stereocenters. The minimum Gasteiger partial charge on any atom is -0.310 e. The highest BCUT2D eigenvalue weighted by Crippen LogP contribution is 2.24. The Morgan fingerprint density at radius 1 is 1.37 bits per heavy atom. The van der Waals surface area contributed by atoms with Crippen LogP contribution in [0.1, 0.15) is 29.8 Å². The van der Waals surface area contributed by atoms with Crippen LogP contribution in [0.25, 0.3) is 0 Å². The summed E-state index contributed by atoms with van der Waals surface area (Å²) in [5, 5.41) is 8.75. The summed E-state index contributed by atoms with van der Waals surface area (Å²) in [5.74, 6) is 0. The molecule has 0 bridgehead atoms. The van der Waals surface area contributed by atoms with E-state index in [1.54, 1.807) is 0 Å². The van der Waals surface area contributed by atoms with Gasteiger partial charge < -0.3 is 5.32 Å². The zero-order valence-electron chi connectivity index (χ0n) is 11.7. The summed E-state index contributed by atoms with van der Waals surface area (Å²) in [6.07, 6.45) is 2.85. The van der Waals surface area contributed by atoms with E-state index in [9.17, 15) is 0 Å². The van der Waals surface area contributed by atoms with Gasteiger partial charge >= 0.3 is 0 Å². The Balaban J connectivity index is 2.26. The van der Waals surface area contributed by atoms with Gasteiger partial charge in [-0.25, -0.2) is 0 Å². The molecule has 0 spiro atoms. The summed E-state index contributed by atoms with van der Waals surface area (Å²) >= 11 is 6.12. The first kappa shape index (κ1) is 14.1. The fourth-order valence-electron chi connectivity index (χ4n) is 2.31. The van der Waals surface area contributed by atoms with E-state index < -0.39 is 0 Å². The van der Waals surface area contributed by atoms with Crippen molar-refractivity contribution in [2.75, 3.05) is 6.54 Å². The number of nitrogens with one attached hydrogen (secondary N) is 1. The van der Waals surface area contributed by atoms with Crippen LogP contribution in [0.15, 0.2) is 30.5 Å². The van der Waals surface area contributed by atoms with Crippen molar-refractivity contribution in [1.29, 1.82) is 0 Å². The molecule has 1 N–H and O–H groups in total. The Labute approximate surface area is 119 Å². The van der Waals surface area contributed by atoms with Gasteiger partial charge in [0, 0.05) is 30.7 Å². The van der Waals surface area contributed by atoms with Crippen LogP contribution in [0.4, 0.5) is 0 Å². The summed E-state index contributed by atoms with van der Waals surface area (Å²) in [7, 11) is 1.94. The number of aryl methyl sites for hydroxylation is 2. The molecule has 0 saturated carbocycles. The second-order valence-electron chi connectivity index (χ2n) is 4.80. The molecule has 102 valence electrons. The maximum Gasteiger partial charge on any atom is 0.0643 e. The average molecular weight is 278 g/mol. The van der Waals surface area contributed by atoms with Crippen LogP contribution in [0.2, 0.25) is 5.02 Å². The molecule has 1 aromatic heterocycles. The Kier molecular flexibility index (Phi) is 4.61. The number of likely N-dealkylation sites (N-methyl/N-ethyl adjacent to an activating group) is 1. The number of benzene rings is 1. The minimum absolute atomic E-state index is 0.249. The quantitative estimate of drug-likeness (QED) is 0.909. The normalized spacial score (nSPS) is 12.6. The van der Waals surface area contributed by atoms with E-state index in [4.69, 9.17) is 11.6 Å². The van der Waals surface area contributed by atoms with Crippen molar-refractivity contribution in [2.45, 2.75) is 26.3 Å². The summed E-state index contributed by atoms with van der Waals surface area (Å²) in [6.45, 7) is 5.16. The number of halogens is 1. The third kappa shape index (κ3) is 3.58. The van der Waals surface area contributed by atoms with Gasteiger partial charge in [-0.15, -0.1) is 0 Å². The van der Waals surface area contributed by atoms with Crippen LogP contribution in [0, 0.1) is 6.92 Å². The van der Waals surface area contributed by atoms with E-state index in [0.29, 0.717) is 0 Å². The van der Waals surface area contributed by atoms with Crippen molar-refractivity contribution in [1.82, 2.24) is 15.1 Å². The largest absolute Gasteiger partial charge is 0.310 e. The summed E-state index contributed by atoms with van der Waals surface area (Å²) in [4.78, 5) is 0. The molecule has 2 aromatic rings. The van der Waals surface area contributed by atoms with Gasteiger partial charge in [0.15, 0.2) is 0 Å². The topological polar surface area (TPSA) is 29.9 Å². The molecule has 0 aliphatic rings. The van der Waals surface area contributed by atoms with E-state index >= 15 is 0 Å². The lowest BCUT2D eigenvalue weighted by atomic mass is 9.97. The number of nitrogens with zero attached hydrogens (tertiary/aromatic N) is 2. The molecule has 19 heavy (non-hydrogen) atoms. The molecule has 0 radical (unpaired) electrons. The van der Waals surface area contributed by atoms with Crippen LogP contribution >= 0.6 is 11.6 Å². The van der Waals surface area contributed by atoms with Gasteiger partial charge in [0.05, 0.1) is 5.69 Å². The van der Waals surface area contributed by atoms with E-state index in [-0.39, 0.29) is 6.04 Å². The number of aromatic nitrogens is 2. The molecule has 0 aliphatic heterocycles. The van der Waals surface area contributed by atoms with Crippen LogP contribution in [0.3, 0.4) is 0 Å². The lowest BCUT2D eigenvalue weighted by Gasteiger charge is -2.20. The second-order valence-corrected chi connectivity index (χ2v) is 5.23. The van der Waals surface area contributed by atoms with Gasteiger partial charge in [-0.1, -0.05) is 24.6 Å². The summed E-state index contributed by atoms with van der Waals surface area (Å²) in [5.41, 5.74) is 3.60. The number of hydrogen-bond acceptors (Lipinski definition) is 2. The second kappa shape index (κ2) is 6.22. The molecule has 1 aromatic carbocycles. The molecular weight excluding hydrogens is 258 g/mol. The van der Waals surface area contributed by atoms with Crippen molar-refractivity contribution < 1.29 is 0 Å². The zero-order valence-corrected chi connectivity index (χ0v) is 12.4. The number of rotatable bonds is 5. The standard InChI is InChI=1S/C15H20ClN3/c1-4-17-15(10-13-7-8-19(3)18-13)14-9-12(16)6-5-11(14)2/h5-9,15,17H,4,10H2,1-3H3. The van der Waals surface area contributed by atoms with Gasteiger partial charge in [0.2, 0.25) is 0 Å². The van der Waals surface area contributed by atoms with Crippen molar-refractivity contribution in [3.05, 3.63) is 52.3 Å². The number of hydrogen-bond donors (Lipinski definition) is 1. The van der Waals surface area contributed by atoms with Gasteiger partial charge in [0.1, 0.15) is 0 Å². The predicted octanol–water partition coefficient (Wildman–Crippen LogP) is 3.28. The van der Waals surface area contributed by atoms with Crippen LogP contribution in [-0.2, 0) is 13.5 Å². The molecule has 0 aliphatic carbocycles. The van der Waals surface area contributed by atoms with Crippen molar-refractivity contribution in [2.24, 2.45) is 7.05 Å². The third-order valence-corrected chi connectivity index (χ3v) is 3.48. The first-order valence-electron chi connectivity index (χ1n) is 6.58. The van der Waals surface area contributed by atoms with Crippen LogP contribution in [-0.4, -0.2) is 16.3 Å². The molecular formula is C15H20ClN3. The fraction of sp³-hybridized carbons (Fsp3) is 0.400. The molecule has 2 rings (SSSR count). The zero-order chi connectivity index (χ0) is 13.8. The molecule has 1 heterocycles. The predicted molar refractivity (Wildman–Crippen MR) is 79.5 cm³/mol. The van der Waals surface area contributed by atoms with Crippen molar-refractivity contribution >= 4 is 11.6 Å². The van der Waals surface area contributed by atoms with Crippen molar-refractivity contribution in [3.63, 3.8) is 0 Å². The van der Waals surface area contributed by atoms with Gasteiger partial charge in [-0.2, -0.15) is 5.10 Å².